The number of benzene rings is 3. The van der Waals surface area contributed by atoms with E-state index >= 15 is 0 Å². The maximum absolute atomic E-state index is 5.61. The Balaban J connectivity index is 1.67. The lowest BCUT2D eigenvalue weighted by Crippen LogP contribution is -2.23. The van der Waals surface area contributed by atoms with Crippen molar-refractivity contribution in [3.63, 3.8) is 0 Å². The lowest BCUT2D eigenvalue weighted by atomic mass is 9.91. The Morgan fingerprint density at radius 3 is 1.86 bits per heavy atom. The molecule has 4 heteroatoms. The van der Waals surface area contributed by atoms with Crippen LogP contribution in [0, 0.1) is 0 Å². The normalized spacial score (nSPS) is 16.1. The highest BCUT2D eigenvalue weighted by atomic mass is 32.1. The van der Waals surface area contributed by atoms with E-state index < -0.39 is 0 Å². The Bertz CT molecular complexity index is 940. The second-order valence-electron chi connectivity index (χ2n) is 6.75. The number of rotatable bonds is 5. The Labute approximate surface area is 171 Å². The summed E-state index contributed by atoms with van der Waals surface area (Å²) in [4.78, 5) is 3.16. The van der Waals surface area contributed by atoms with Crippen LogP contribution in [0.3, 0.4) is 0 Å². The van der Waals surface area contributed by atoms with Crippen LogP contribution < -0.4 is 16.2 Å². The van der Waals surface area contributed by atoms with Gasteiger partial charge in [-0.2, -0.15) is 0 Å². The van der Waals surface area contributed by atoms with E-state index in [1.165, 1.54) is 5.56 Å². The van der Waals surface area contributed by atoms with Gasteiger partial charge in [-0.25, -0.2) is 0 Å². The van der Waals surface area contributed by atoms with E-state index in [0.29, 0.717) is 0 Å². The molecule has 0 fully saturated rings. The topological polar surface area (TPSA) is 41.3 Å². The highest BCUT2D eigenvalue weighted by molar-refractivity contribution is 7.84. The van der Waals surface area contributed by atoms with Crippen molar-refractivity contribution in [1.82, 2.24) is 5.43 Å². The average molecular weight is 386 g/mol. The third kappa shape index (κ3) is 3.84. The first-order valence-electron chi connectivity index (χ1n) is 9.34. The summed E-state index contributed by atoms with van der Waals surface area (Å²) in [5.74, 6) is 5.90. The van der Waals surface area contributed by atoms with Crippen LogP contribution >= 0.6 is 12.6 Å². The van der Waals surface area contributed by atoms with Gasteiger partial charge in [-0.15, -0.1) is 12.6 Å². The van der Waals surface area contributed by atoms with Gasteiger partial charge < -0.3 is 10.3 Å². The van der Waals surface area contributed by atoms with Gasteiger partial charge in [-0.3, -0.25) is 5.84 Å². The third-order valence-corrected chi connectivity index (χ3v) is 5.40. The van der Waals surface area contributed by atoms with Gasteiger partial charge in [0, 0.05) is 27.9 Å². The zero-order valence-corrected chi connectivity index (χ0v) is 16.4. The SMILES string of the molecule is NNC1=CC(c2ccc(N(c3ccccc3)c3ccccc3)cc2)CC=C1S. The molecule has 0 aromatic heterocycles. The highest BCUT2D eigenvalue weighted by Gasteiger charge is 2.16. The highest BCUT2D eigenvalue weighted by Crippen LogP contribution is 2.36. The predicted octanol–water partition coefficient (Wildman–Crippen LogP) is 5.80. The van der Waals surface area contributed by atoms with Crippen molar-refractivity contribution >= 4 is 29.7 Å². The molecule has 0 aliphatic heterocycles. The number of para-hydroxylation sites is 2. The Morgan fingerprint density at radius 2 is 1.32 bits per heavy atom. The fourth-order valence-corrected chi connectivity index (χ4v) is 3.77. The number of anilines is 3. The molecule has 1 atom stereocenters. The van der Waals surface area contributed by atoms with Crippen molar-refractivity contribution in [2.75, 3.05) is 4.90 Å². The minimum atomic E-state index is 0.290. The second-order valence-corrected chi connectivity index (χ2v) is 7.24. The van der Waals surface area contributed by atoms with Crippen molar-refractivity contribution in [3.8, 4) is 0 Å². The molecule has 3 aromatic carbocycles. The van der Waals surface area contributed by atoms with E-state index in [1.807, 2.05) is 12.1 Å². The Kier molecular flexibility index (Phi) is 5.51. The summed E-state index contributed by atoms with van der Waals surface area (Å²) >= 11 is 4.46. The number of allylic oxidation sites excluding steroid dienone is 2. The zero-order chi connectivity index (χ0) is 19.3. The minimum absolute atomic E-state index is 0.290. The summed E-state index contributed by atoms with van der Waals surface area (Å²) in [5.41, 5.74) is 8.27. The van der Waals surface area contributed by atoms with Crippen molar-refractivity contribution in [1.29, 1.82) is 0 Å². The molecule has 0 saturated heterocycles. The quantitative estimate of drug-likeness (QED) is 0.295. The first-order chi connectivity index (χ1) is 13.8. The first-order valence-corrected chi connectivity index (χ1v) is 9.79. The van der Waals surface area contributed by atoms with E-state index in [4.69, 9.17) is 5.84 Å². The van der Waals surface area contributed by atoms with E-state index in [9.17, 15) is 0 Å². The first kappa shape index (κ1) is 18.4. The van der Waals surface area contributed by atoms with Gasteiger partial charge in [-0.1, -0.05) is 60.7 Å². The number of thiol groups is 1. The van der Waals surface area contributed by atoms with Gasteiger partial charge in [0.05, 0.1) is 5.70 Å². The molecular formula is C24H23N3S. The van der Waals surface area contributed by atoms with Gasteiger partial charge in [-0.05, 0) is 48.4 Å². The number of hydrogen-bond donors (Lipinski definition) is 3. The molecule has 0 bridgehead atoms. The number of nitrogens with zero attached hydrogens (tertiary/aromatic N) is 1. The molecule has 1 aliphatic rings. The van der Waals surface area contributed by atoms with E-state index in [2.05, 4.69) is 108 Å². The van der Waals surface area contributed by atoms with Crippen molar-refractivity contribution in [3.05, 3.63) is 113 Å². The maximum atomic E-state index is 5.61. The molecule has 140 valence electrons. The van der Waals surface area contributed by atoms with E-state index in [1.54, 1.807) is 0 Å². The van der Waals surface area contributed by atoms with E-state index in [0.717, 1.165) is 34.1 Å². The number of hydrazine groups is 1. The fraction of sp³-hybridized carbons (Fsp3) is 0.0833. The van der Waals surface area contributed by atoms with Gasteiger partial charge in [0.1, 0.15) is 0 Å². The number of hydrogen-bond acceptors (Lipinski definition) is 4. The summed E-state index contributed by atoms with van der Waals surface area (Å²) in [6.07, 6.45) is 5.17. The molecule has 28 heavy (non-hydrogen) atoms. The average Bonchev–Trinajstić information content (AvgIpc) is 2.76. The van der Waals surface area contributed by atoms with Crippen LogP contribution in [-0.4, -0.2) is 0 Å². The Hall–Kier alpha value is -2.95. The smallest absolute Gasteiger partial charge is 0.0581 e. The summed E-state index contributed by atoms with van der Waals surface area (Å²) in [6.45, 7) is 0. The van der Waals surface area contributed by atoms with Crippen molar-refractivity contribution in [2.45, 2.75) is 12.3 Å². The molecular weight excluding hydrogens is 362 g/mol. The molecule has 0 amide bonds. The van der Waals surface area contributed by atoms with Crippen LogP contribution in [0.25, 0.3) is 0 Å². The van der Waals surface area contributed by atoms with Gasteiger partial charge in [0.15, 0.2) is 0 Å². The molecule has 0 radical (unpaired) electrons. The molecule has 3 nitrogen and oxygen atoms in total. The molecule has 1 unspecified atom stereocenters. The van der Waals surface area contributed by atoms with Gasteiger partial charge >= 0.3 is 0 Å². The predicted molar refractivity (Wildman–Crippen MR) is 121 cm³/mol. The largest absolute Gasteiger partial charge is 0.323 e. The van der Waals surface area contributed by atoms with Crippen molar-refractivity contribution < 1.29 is 0 Å². The molecule has 0 spiro atoms. The van der Waals surface area contributed by atoms with Crippen LogP contribution in [0.15, 0.2) is 108 Å². The van der Waals surface area contributed by atoms with E-state index in [-0.39, 0.29) is 5.92 Å². The van der Waals surface area contributed by atoms with Crippen LogP contribution in [0.4, 0.5) is 17.1 Å². The summed E-state index contributed by atoms with van der Waals surface area (Å²) in [7, 11) is 0. The number of nitrogens with one attached hydrogen (secondary N) is 1. The van der Waals surface area contributed by atoms with Gasteiger partial charge in [0.2, 0.25) is 0 Å². The molecule has 1 aliphatic carbocycles. The lowest BCUT2D eigenvalue weighted by Gasteiger charge is -2.26. The third-order valence-electron chi connectivity index (χ3n) is 4.97. The lowest BCUT2D eigenvalue weighted by molar-refractivity contribution is 0.798. The summed E-state index contributed by atoms with van der Waals surface area (Å²) in [6, 6.07) is 29.6. The Morgan fingerprint density at radius 1 is 0.786 bits per heavy atom. The molecule has 0 saturated carbocycles. The maximum Gasteiger partial charge on any atom is 0.0581 e. The second kappa shape index (κ2) is 8.38. The minimum Gasteiger partial charge on any atom is -0.323 e. The fourth-order valence-electron chi connectivity index (χ4n) is 3.53. The molecule has 4 rings (SSSR count). The molecule has 0 heterocycles. The monoisotopic (exact) mass is 385 g/mol. The van der Waals surface area contributed by atoms with Crippen LogP contribution in [0.1, 0.15) is 17.9 Å². The van der Waals surface area contributed by atoms with Crippen LogP contribution in [0.2, 0.25) is 0 Å². The van der Waals surface area contributed by atoms with Crippen LogP contribution in [-0.2, 0) is 0 Å². The summed E-state index contributed by atoms with van der Waals surface area (Å²) in [5, 5.41) is 0. The number of nitrogens with two attached hydrogens (primary N) is 1. The molecule has 3 N–H and O–H groups in total. The zero-order valence-electron chi connectivity index (χ0n) is 15.5. The van der Waals surface area contributed by atoms with Gasteiger partial charge in [0.25, 0.3) is 0 Å². The molecule has 3 aromatic rings. The van der Waals surface area contributed by atoms with Crippen molar-refractivity contribution in [2.24, 2.45) is 5.84 Å². The van der Waals surface area contributed by atoms with Crippen LogP contribution in [0.5, 0.6) is 0 Å². The standard InChI is InChI=1S/C24H23N3S/c25-26-23-17-19(13-16-24(23)28)18-11-14-22(15-12-18)27(20-7-3-1-4-8-20)21-9-5-2-6-10-21/h1-12,14-17,19,26,28H,13,25H2. The summed E-state index contributed by atoms with van der Waals surface area (Å²) < 4.78 is 0.